The monoisotopic (exact) mass is 746 g/mol. The predicted molar refractivity (Wildman–Crippen MR) is 177 cm³/mol. The minimum Gasteiger partial charge on any atom is -0.534 e. The molecule has 1 unspecified atom stereocenters. The number of phenolic OH excluding ortho intramolecular Hbond substituents is 3. The Balaban J connectivity index is 1.25. The van der Waals surface area contributed by atoms with Gasteiger partial charge in [0.15, 0.2) is 17.3 Å². The molecule has 0 spiro atoms. The van der Waals surface area contributed by atoms with Crippen LogP contribution < -0.4 is 25.9 Å². The van der Waals surface area contributed by atoms with Crippen molar-refractivity contribution in [1.29, 1.82) is 0 Å². The highest BCUT2D eigenvalue weighted by molar-refractivity contribution is 6.47. The zero-order valence-electron chi connectivity index (χ0n) is 26.7. The second kappa shape index (κ2) is 15.5. The summed E-state index contributed by atoms with van der Waals surface area (Å²) in [6, 6.07) is 3.97. The van der Waals surface area contributed by atoms with Gasteiger partial charge in [-0.3, -0.25) is 4.79 Å². The maximum absolute atomic E-state index is 14.6. The number of nitrogens with zero attached hydrogens (tertiary/aromatic N) is 2. The zero-order chi connectivity index (χ0) is 37.9. The summed E-state index contributed by atoms with van der Waals surface area (Å²) in [4.78, 5) is 65.9. The van der Waals surface area contributed by atoms with Crippen LogP contribution in [0.1, 0.15) is 33.9 Å². The van der Waals surface area contributed by atoms with Crippen molar-refractivity contribution in [3.63, 3.8) is 0 Å². The molecule has 3 aromatic rings. The van der Waals surface area contributed by atoms with Crippen LogP contribution in [0.2, 0.25) is 5.02 Å². The number of anilines is 1. The number of carboxylic acids is 1. The highest BCUT2D eigenvalue weighted by Crippen LogP contribution is 2.40. The molecule has 7 amide bonds. The molecule has 0 aromatic heterocycles. The number of nitrogens with one attached hydrogen (secondary N) is 4. The number of amides is 7. The number of aromatic carboxylic acids is 1. The van der Waals surface area contributed by atoms with E-state index in [1.54, 1.807) is 0 Å². The summed E-state index contributed by atoms with van der Waals surface area (Å²) in [6.07, 6.45) is -0.00824. The van der Waals surface area contributed by atoms with E-state index in [9.17, 15) is 58.2 Å². The van der Waals surface area contributed by atoms with Gasteiger partial charge in [-0.2, -0.15) is 0 Å². The Hall–Kier alpha value is -6.02. The van der Waals surface area contributed by atoms with Gasteiger partial charge in [-0.1, -0.05) is 17.7 Å². The first-order valence-corrected chi connectivity index (χ1v) is 15.8. The van der Waals surface area contributed by atoms with Crippen LogP contribution in [-0.2, 0) is 11.2 Å². The molecule has 1 saturated heterocycles. The normalized spacial score (nSPS) is 15.7. The van der Waals surface area contributed by atoms with Gasteiger partial charge in [-0.05, 0) is 54.8 Å². The molecule has 5 rings (SSSR count). The van der Waals surface area contributed by atoms with Gasteiger partial charge in [0.1, 0.15) is 28.9 Å². The number of aromatic hydroxyl groups is 3. The highest BCUT2D eigenvalue weighted by atomic mass is 35.5. The molecule has 2 atom stereocenters. The van der Waals surface area contributed by atoms with Crippen molar-refractivity contribution < 1.29 is 62.9 Å². The molecule has 21 heteroatoms. The minimum atomic E-state index is -1.96. The number of carbonyl (C=O) groups is 5. The van der Waals surface area contributed by atoms with E-state index >= 15 is 0 Å². The molecule has 0 bridgehead atoms. The van der Waals surface area contributed by atoms with Crippen molar-refractivity contribution in [3.05, 3.63) is 75.8 Å². The number of benzene rings is 3. The lowest BCUT2D eigenvalue weighted by Crippen LogP contribution is -2.56. The third-order valence-electron chi connectivity index (χ3n) is 8.14. The Morgan fingerprint density at radius 3 is 2.42 bits per heavy atom. The van der Waals surface area contributed by atoms with E-state index in [0.29, 0.717) is 11.8 Å². The zero-order valence-corrected chi connectivity index (χ0v) is 27.5. The summed E-state index contributed by atoms with van der Waals surface area (Å²) in [5, 5.41) is 58.4. The van der Waals surface area contributed by atoms with Crippen molar-refractivity contribution in [2.24, 2.45) is 0 Å². The second-order valence-corrected chi connectivity index (χ2v) is 12.0. The summed E-state index contributed by atoms with van der Waals surface area (Å²) in [7, 11) is -1.93. The molecule has 0 saturated carbocycles. The average molecular weight is 747 g/mol. The smallest absolute Gasteiger partial charge is 0.534 e. The Bertz CT molecular complexity index is 1920. The van der Waals surface area contributed by atoms with Gasteiger partial charge in [0, 0.05) is 37.4 Å². The van der Waals surface area contributed by atoms with Gasteiger partial charge in [0.25, 0.3) is 0 Å². The van der Waals surface area contributed by atoms with Crippen LogP contribution in [0.15, 0.2) is 42.5 Å². The van der Waals surface area contributed by atoms with Crippen LogP contribution in [0.25, 0.3) is 0 Å². The van der Waals surface area contributed by atoms with Crippen LogP contribution in [0.4, 0.5) is 28.9 Å². The Kier molecular flexibility index (Phi) is 11.1. The summed E-state index contributed by atoms with van der Waals surface area (Å²) < 4.78 is 34.0. The Morgan fingerprint density at radius 2 is 1.73 bits per heavy atom. The fourth-order valence-corrected chi connectivity index (χ4v) is 5.77. The highest BCUT2D eigenvalue weighted by Gasteiger charge is 2.42. The van der Waals surface area contributed by atoms with Gasteiger partial charge >= 0.3 is 31.2 Å². The molecule has 52 heavy (non-hydrogen) atoms. The minimum absolute atomic E-state index is 0.0274. The number of rotatable bonds is 10. The number of phenols is 3. The topological polar surface area (TPSA) is 250 Å². The van der Waals surface area contributed by atoms with E-state index in [0.717, 1.165) is 11.0 Å². The summed E-state index contributed by atoms with van der Waals surface area (Å²) in [5.41, 5.74) is -0.866. The molecular formula is C31H30BClF2N6O11. The fraction of sp³-hybridized carbons (Fsp3) is 0.258. The lowest BCUT2D eigenvalue weighted by atomic mass is 9.72. The molecule has 17 nitrogen and oxygen atoms in total. The van der Waals surface area contributed by atoms with Crippen molar-refractivity contribution in [2.45, 2.75) is 24.8 Å². The number of imide groups is 1. The SMILES string of the molecule is O=C(NCCCN1CCN(C(=O)NC(C(=O)N[C@H]2Cc3ccc(F)c(C(=O)O)c3OB2O)c2cc(F)c(O)c(O)c2Cl)C1=O)Nc1ccc(O)cc1. The number of hydrogen-bond donors (Lipinski definition) is 9. The van der Waals surface area contributed by atoms with Gasteiger partial charge in [0.2, 0.25) is 5.91 Å². The van der Waals surface area contributed by atoms with E-state index in [4.69, 9.17) is 16.3 Å². The van der Waals surface area contributed by atoms with E-state index in [2.05, 4.69) is 21.3 Å². The standard InChI is InChI=1S/C31H30BClF2N6O11/c33-22-17(13-19(35)24(43)25(22)44)23(27(45)38-20-12-14-2-7-18(34)21(28(46)47)26(14)52-32(20)51)39-30(49)41-11-10-40(31(41)50)9-1-8-36-29(48)37-15-3-5-16(42)6-4-15/h2-7,13,20,23,42-44,51H,1,8-12H2,(H,38,45)(H,39,49)(H,46,47)(H2,36,37,48)/t20-,23?/m0/s1. The Morgan fingerprint density at radius 1 is 1.02 bits per heavy atom. The molecule has 0 radical (unpaired) electrons. The van der Waals surface area contributed by atoms with Crippen molar-refractivity contribution in [1.82, 2.24) is 25.8 Å². The first kappa shape index (κ1) is 37.2. The molecule has 2 aliphatic rings. The maximum atomic E-state index is 14.6. The molecular weight excluding hydrogens is 717 g/mol. The first-order chi connectivity index (χ1) is 24.7. The average Bonchev–Trinajstić information content (AvgIpc) is 3.47. The number of carbonyl (C=O) groups excluding carboxylic acids is 4. The first-order valence-electron chi connectivity index (χ1n) is 15.5. The van der Waals surface area contributed by atoms with Crippen LogP contribution in [0.5, 0.6) is 23.0 Å². The van der Waals surface area contributed by atoms with Crippen molar-refractivity contribution in [2.75, 3.05) is 31.5 Å². The van der Waals surface area contributed by atoms with E-state index < -0.39 is 94.1 Å². The summed E-state index contributed by atoms with van der Waals surface area (Å²) in [5.74, 6) is -9.57. The molecule has 274 valence electrons. The van der Waals surface area contributed by atoms with Gasteiger partial charge in [-0.15, -0.1) is 0 Å². The van der Waals surface area contributed by atoms with Crippen LogP contribution in [0.3, 0.4) is 0 Å². The van der Waals surface area contributed by atoms with Gasteiger partial charge in [0.05, 0.1) is 11.0 Å². The lowest BCUT2D eigenvalue weighted by molar-refractivity contribution is -0.123. The summed E-state index contributed by atoms with van der Waals surface area (Å²) in [6.45, 7) is 0.182. The second-order valence-electron chi connectivity index (χ2n) is 11.6. The van der Waals surface area contributed by atoms with E-state index in [-0.39, 0.29) is 50.3 Å². The molecule has 9 N–H and O–H groups in total. The Labute approximate surface area is 297 Å². The van der Waals surface area contributed by atoms with Crippen LogP contribution in [0, 0.1) is 11.6 Å². The predicted octanol–water partition coefficient (Wildman–Crippen LogP) is 2.27. The number of hydrogen-bond acceptors (Lipinski definition) is 10. The lowest BCUT2D eigenvalue weighted by Gasteiger charge is -2.31. The van der Waals surface area contributed by atoms with Gasteiger partial charge < -0.3 is 56.3 Å². The summed E-state index contributed by atoms with van der Waals surface area (Å²) >= 11 is 6.14. The molecule has 1 fully saturated rings. The van der Waals surface area contributed by atoms with E-state index in [1.807, 2.05) is 0 Å². The van der Waals surface area contributed by atoms with Crippen LogP contribution in [-0.4, -0.2) is 104 Å². The molecule has 2 aliphatic heterocycles. The third-order valence-corrected chi connectivity index (χ3v) is 8.54. The van der Waals surface area contributed by atoms with Crippen molar-refractivity contribution in [3.8, 4) is 23.0 Å². The van der Waals surface area contributed by atoms with Crippen molar-refractivity contribution >= 4 is 54.4 Å². The number of fused-ring (bicyclic) bond motifs is 1. The number of halogens is 3. The quantitative estimate of drug-likeness (QED) is 0.0630. The third kappa shape index (κ3) is 7.97. The number of carboxylic acid groups (broad SMARTS) is 1. The molecule has 3 aromatic carbocycles. The maximum Gasteiger partial charge on any atom is 0.547 e. The molecule has 0 aliphatic carbocycles. The number of urea groups is 3. The van der Waals surface area contributed by atoms with E-state index in [1.165, 1.54) is 35.2 Å². The molecule has 2 heterocycles. The van der Waals surface area contributed by atoms with Crippen LogP contribution >= 0.6 is 11.6 Å². The largest absolute Gasteiger partial charge is 0.547 e. The van der Waals surface area contributed by atoms with Gasteiger partial charge in [-0.25, -0.2) is 32.9 Å². The fourth-order valence-electron chi connectivity index (χ4n) is 5.51.